The van der Waals surface area contributed by atoms with Gasteiger partial charge in [-0.15, -0.1) is 0 Å². The molecule has 1 aromatic heterocycles. The lowest BCUT2D eigenvalue weighted by molar-refractivity contribution is 0.112. The fourth-order valence-electron chi connectivity index (χ4n) is 0.797. The second-order valence-corrected chi connectivity index (χ2v) is 4.85. The predicted molar refractivity (Wildman–Crippen MR) is 49.2 cm³/mol. The molecule has 0 aliphatic heterocycles. The van der Waals surface area contributed by atoms with Gasteiger partial charge in [0.25, 0.3) is 9.05 Å². The summed E-state index contributed by atoms with van der Waals surface area (Å²) in [5, 5.41) is -0.402. The summed E-state index contributed by atoms with van der Waals surface area (Å²) >= 11 is 0. The summed E-state index contributed by atoms with van der Waals surface area (Å²) in [7, 11) is 2.42. The van der Waals surface area contributed by atoms with Crippen LogP contribution in [0.1, 0.15) is 10.4 Å². The van der Waals surface area contributed by atoms with Crippen molar-refractivity contribution in [3.8, 4) is 5.88 Å². The maximum atomic E-state index is 10.9. The number of aromatic nitrogens is 1. The van der Waals surface area contributed by atoms with Crippen LogP contribution in [0.4, 0.5) is 0 Å². The van der Waals surface area contributed by atoms with E-state index >= 15 is 0 Å². The molecule has 0 unspecified atom stereocenters. The molecule has 0 N–H and O–H groups in total. The number of carbonyl (C=O) groups excluding carboxylic acids is 1. The molecule has 0 spiro atoms. The number of rotatable bonds is 3. The SMILES string of the molecule is COc1cc(C=O)cc(S(=O)(=O)Cl)n1. The highest BCUT2D eigenvalue weighted by Crippen LogP contribution is 2.17. The Labute approximate surface area is 85.1 Å². The van der Waals surface area contributed by atoms with Crippen LogP contribution < -0.4 is 4.74 Å². The van der Waals surface area contributed by atoms with Gasteiger partial charge in [-0.3, -0.25) is 4.79 Å². The maximum Gasteiger partial charge on any atom is 0.278 e. The Bertz CT molecular complexity index is 457. The zero-order valence-corrected chi connectivity index (χ0v) is 8.67. The molecule has 0 aliphatic carbocycles. The lowest BCUT2D eigenvalue weighted by Gasteiger charge is -2.01. The van der Waals surface area contributed by atoms with Crippen molar-refractivity contribution in [1.82, 2.24) is 4.98 Å². The average Bonchev–Trinajstić information content (AvgIpc) is 2.15. The van der Waals surface area contributed by atoms with E-state index in [4.69, 9.17) is 15.4 Å². The number of carbonyl (C=O) groups is 1. The van der Waals surface area contributed by atoms with Gasteiger partial charge in [-0.25, -0.2) is 13.4 Å². The zero-order chi connectivity index (χ0) is 10.8. The van der Waals surface area contributed by atoms with Crippen molar-refractivity contribution in [2.75, 3.05) is 7.11 Å². The van der Waals surface area contributed by atoms with E-state index < -0.39 is 14.1 Å². The first-order chi connectivity index (χ1) is 6.47. The van der Waals surface area contributed by atoms with Crippen molar-refractivity contribution in [2.24, 2.45) is 0 Å². The Morgan fingerprint density at radius 1 is 1.50 bits per heavy atom. The molecule has 0 saturated heterocycles. The number of hydrogen-bond acceptors (Lipinski definition) is 5. The third-order valence-electron chi connectivity index (χ3n) is 1.40. The van der Waals surface area contributed by atoms with Crippen LogP contribution in [0, 0.1) is 0 Å². The molecule has 0 fully saturated rings. The maximum absolute atomic E-state index is 10.9. The average molecular weight is 236 g/mol. The van der Waals surface area contributed by atoms with E-state index in [0.29, 0.717) is 6.29 Å². The highest BCUT2D eigenvalue weighted by atomic mass is 35.7. The summed E-state index contributed by atoms with van der Waals surface area (Å²) in [6.07, 6.45) is 0.482. The van der Waals surface area contributed by atoms with Crippen LogP contribution in [-0.4, -0.2) is 26.8 Å². The van der Waals surface area contributed by atoms with Gasteiger partial charge in [-0.05, 0) is 6.07 Å². The fourth-order valence-corrected chi connectivity index (χ4v) is 1.51. The molecule has 76 valence electrons. The molecule has 1 aromatic rings. The van der Waals surface area contributed by atoms with Gasteiger partial charge in [0.05, 0.1) is 7.11 Å². The third kappa shape index (κ3) is 2.43. The zero-order valence-electron chi connectivity index (χ0n) is 7.10. The molecule has 0 aromatic carbocycles. The Morgan fingerprint density at radius 3 is 2.57 bits per heavy atom. The third-order valence-corrected chi connectivity index (χ3v) is 2.58. The number of nitrogens with zero attached hydrogens (tertiary/aromatic N) is 1. The molecular weight excluding hydrogens is 230 g/mol. The number of aldehydes is 1. The second kappa shape index (κ2) is 3.93. The molecular formula is C7H6ClNO4S. The number of hydrogen-bond donors (Lipinski definition) is 0. The van der Waals surface area contributed by atoms with E-state index in [1.54, 1.807) is 0 Å². The van der Waals surface area contributed by atoms with Gasteiger partial charge in [-0.2, -0.15) is 0 Å². The predicted octanol–water partition coefficient (Wildman–Crippen LogP) is 0.830. The molecule has 14 heavy (non-hydrogen) atoms. The summed E-state index contributed by atoms with van der Waals surface area (Å²) in [5.41, 5.74) is 0.135. The molecule has 0 bridgehead atoms. The smallest absolute Gasteiger partial charge is 0.278 e. The molecule has 1 rings (SSSR count). The van der Waals surface area contributed by atoms with Crippen molar-refractivity contribution in [3.05, 3.63) is 17.7 Å². The number of pyridine rings is 1. The lowest BCUT2D eigenvalue weighted by atomic mass is 10.3. The van der Waals surface area contributed by atoms with Gasteiger partial charge in [0, 0.05) is 22.3 Å². The Hall–Kier alpha value is -1.14. The van der Waals surface area contributed by atoms with Crippen molar-refractivity contribution in [2.45, 2.75) is 5.03 Å². The molecule has 0 saturated carbocycles. The lowest BCUT2D eigenvalue weighted by Crippen LogP contribution is -1.99. The Balaban J connectivity index is 3.39. The van der Waals surface area contributed by atoms with Crippen LogP contribution in [0.25, 0.3) is 0 Å². The van der Waals surface area contributed by atoms with Gasteiger partial charge < -0.3 is 4.74 Å². The topological polar surface area (TPSA) is 73.3 Å². The minimum absolute atomic E-state index is 0.0221. The molecule has 0 atom stereocenters. The first kappa shape index (κ1) is 10.9. The van der Waals surface area contributed by atoms with E-state index in [1.807, 2.05) is 0 Å². The number of methoxy groups -OCH3 is 1. The van der Waals surface area contributed by atoms with Gasteiger partial charge in [-0.1, -0.05) is 0 Å². The quantitative estimate of drug-likeness (QED) is 0.573. The molecule has 5 nitrogen and oxygen atoms in total. The molecule has 1 heterocycles. The standard InChI is InChI=1S/C7H6ClNO4S/c1-13-6-2-5(4-10)3-7(9-6)14(8,11)12/h2-4H,1H3. The van der Waals surface area contributed by atoms with E-state index in [2.05, 4.69) is 4.98 Å². The number of ether oxygens (including phenoxy) is 1. The van der Waals surface area contributed by atoms with Gasteiger partial charge in [0.15, 0.2) is 5.03 Å². The van der Waals surface area contributed by atoms with Gasteiger partial charge in [0.2, 0.25) is 5.88 Å². The summed E-state index contributed by atoms with van der Waals surface area (Å²) in [5.74, 6) is 0.0221. The van der Waals surface area contributed by atoms with Crippen LogP contribution in [-0.2, 0) is 9.05 Å². The normalized spacial score (nSPS) is 11.0. The highest BCUT2D eigenvalue weighted by Gasteiger charge is 2.14. The van der Waals surface area contributed by atoms with Crippen LogP contribution in [0.2, 0.25) is 0 Å². The van der Waals surface area contributed by atoms with Crippen molar-refractivity contribution < 1.29 is 17.9 Å². The Kier molecular flexibility index (Phi) is 3.07. The first-order valence-electron chi connectivity index (χ1n) is 3.43. The van der Waals surface area contributed by atoms with Crippen LogP contribution in [0.3, 0.4) is 0 Å². The van der Waals surface area contributed by atoms with E-state index in [-0.39, 0.29) is 11.4 Å². The van der Waals surface area contributed by atoms with Gasteiger partial charge in [0.1, 0.15) is 6.29 Å². The van der Waals surface area contributed by atoms with Crippen LogP contribution in [0.15, 0.2) is 17.2 Å². The van der Waals surface area contributed by atoms with E-state index in [9.17, 15) is 13.2 Å². The molecule has 0 aliphatic rings. The van der Waals surface area contributed by atoms with Crippen molar-refractivity contribution in [3.63, 3.8) is 0 Å². The minimum Gasteiger partial charge on any atom is -0.481 e. The first-order valence-corrected chi connectivity index (χ1v) is 5.74. The summed E-state index contributed by atoms with van der Waals surface area (Å²) in [4.78, 5) is 14.0. The van der Waals surface area contributed by atoms with Crippen molar-refractivity contribution in [1.29, 1.82) is 0 Å². The fraction of sp³-hybridized carbons (Fsp3) is 0.143. The van der Waals surface area contributed by atoms with Crippen molar-refractivity contribution >= 4 is 26.0 Å². The number of halogens is 1. The van der Waals surface area contributed by atoms with E-state index in [0.717, 1.165) is 6.07 Å². The monoisotopic (exact) mass is 235 g/mol. The highest BCUT2D eigenvalue weighted by molar-refractivity contribution is 8.13. The van der Waals surface area contributed by atoms with E-state index in [1.165, 1.54) is 13.2 Å². The largest absolute Gasteiger partial charge is 0.481 e. The minimum atomic E-state index is -3.95. The second-order valence-electron chi connectivity index (χ2n) is 2.34. The van der Waals surface area contributed by atoms with Crippen LogP contribution in [0.5, 0.6) is 5.88 Å². The van der Waals surface area contributed by atoms with Crippen LogP contribution >= 0.6 is 10.7 Å². The molecule has 7 heteroatoms. The summed E-state index contributed by atoms with van der Waals surface area (Å²) in [6, 6.07) is 2.37. The molecule has 0 radical (unpaired) electrons. The molecule has 0 amide bonds. The summed E-state index contributed by atoms with van der Waals surface area (Å²) < 4.78 is 26.5. The Morgan fingerprint density at radius 2 is 2.14 bits per heavy atom. The van der Waals surface area contributed by atoms with Gasteiger partial charge >= 0.3 is 0 Å². The summed E-state index contributed by atoms with van der Waals surface area (Å²) in [6.45, 7) is 0.